The summed E-state index contributed by atoms with van der Waals surface area (Å²) in [4.78, 5) is 28.1. The monoisotopic (exact) mass is 338 g/mol. The van der Waals surface area contributed by atoms with E-state index in [9.17, 15) is 9.59 Å². The number of ether oxygens (including phenoxy) is 1. The molecule has 1 saturated carbocycles. The molecule has 1 aliphatic carbocycles. The molecule has 1 fully saturated rings. The third-order valence-corrected chi connectivity index (χ3v) is 4.49. The molecular formula is C17H23ClN2O3. The zero-order valence-electron chi connectivity index (χ0n) is 13.8. The number of hydrogen-bond donors (Lipinski definition) is 1. The standard InChI is InChI=1S/C17H23ClN2O3/c1-10-4-6-13(7-5-10)20-14(21)9-23-17(22)15-11(2)8-12(3)19-16(15)18/h8,10,13H,4-7,9H2,1-3H3,(H,20,21). The molecular weight excluding hydrogens is 316 g/mol. The fraction of sp³-hybridized carbons (Fsp3) is 0.588. The Labute approximate surface area is 141 Å². The molecule has 0 aliphatic heterocycles. The number of aromatic nitrogens is 1. The molecule has 0 aromatic carbocycles. The predicted octanol–water partition coefficient (Wildman–Crippen LogP) is 3.20. The van der Waals surface area contributed by atoms with Gasteiger partial charge in [-0.1, -0.05) is 18.5 Å². The molecule has 1 aromatic heterocycles. The molecule has 0 bridgehead atoms. The minimum atomic E-state index is -0.618. The van der Waals surface area contributed by atoms with Gasteiger partial charge in [-0.3, -0.25) is 4.79 Å². The average Bonchev–Trinajstić information content (AvgIpc) is 2.46. The van der Waals surface area contributed by atoms with Crippen LogP contribution in [-0.4, -0.2) is 29.5 Å². The zero-order valence-corrected chi connectivity index (χ0v) is 14.6. The van der Waals surface area contributed by atoms with Crippen LogP contribution in [0.5, 0.6) is 0 Å². The number of aryl methyl sites for hydroxylation is 2. The molecule has 0 radical (unpaired) electrons. The number of halogens is 1. The Hall–Kier alpha value is -1.62. The van der Waals surface area contributed by atoms with E-state index in [0.29, 0.717) is 5.56 Å². The van der Waals surface area contributed by atoms with Crippen LogP contribution in [0.15, 0.2) is 6.07 Å². The first-order valence-electron chi connectivity index (χ1n) is 7.97. The number of carbonyl (C=O) groups excluding carboxylic acids is 2. The van der Waals surface area contributed by atoms with E-state index in [1.165, 1.54) is 0 Å². The summed E-state index contributed by atoms with van der Waals surface area (Å²) in [5, 5.41) is 3.03. The lowest BCUT2D eigenvalue weighted by Gasteiger charge is -2.26. The first-order chi connectivity index (χ1) is 10.9. The lowest BCUT2D eigenvalue weighted by molar-refractivity contribution is -0.125. The maximum Gasteiger partial charge on any atom is 0.342 e. The van der Waals surface area contributed by atoms with Crippen molar-refractivity contribution in [3.05, 3.63) is 28.0 Å². The molecule has 6 heteroatoms. The molecule has 1 N–H and O–H groups in total. The van der Waals surface area contributed by atoms with Crippen molar-refractivity contribution in [3.63, 3.8) is 0 Å². The number of carbonyl (C=O) groups is 2. The van der Waals surface area contributed by atoms with Crippen molar-refractivity contribution in [2.24, 2.45) is 5.92 Å². The number of amides is 1. The van der Waals surface area contributed by atoms with Gasteiger partial charge < -0.3 is 10.1 Å². The molecule has 23 heavy (non-hydrogen) atoms. The summed E-state index contributed by atoms with van der Waals surface area (Å²) >= 11 is 6.00. The molecule has 0 atom stereocenters. The SMILES string of the molecule is Cc1cc(C)c(C(=O)OCC(=O)NC2CCC(C)CC2)c(Cl)n1. The summed E-state index contributed by atoms with van der Waals surface area (Å²) in [7, 11) is 0. The highest BCUT2D eigenvalue weighted by molar-refractivity contribution is 6.32. The largest absolute Gasteiger partial charge is 0.452 e. The van der Waals surface area contributed by atoms with E-state index < -0.39 is 5.97 Å². The lowest BCUT2D eigenvalue weighted by Crippen LogP contribution is -2.39. The second kappa shape index (κ2) is 7.77. The van der Waals surface area contributed by atoms with E-state index in [1.807, 2.05) is 0 Å². The number of nitrogens with one attached hydrogen (secondary N) is 1. The highest BCUT2D eigenvalue weighted by Gasteiger charge is 2.21. The van der Waals surface area contributed by atoms with Crippen molar-refractivity contribution >= 4 is 23.5 Å². The molecule has 1 heterocycles. The normalized spacial score (nSPS) is 20.9. The van der Waals surface area contributed by atoms with Gasteiger partial charge in [0, 0.05) is 11.7 Å². The van der Waals surface area contributed by atoms with Gasteiger partial charge in [-0.2, -0.15) is 0 Å². The predicted molar refractivity (Wildman–Crippen MR) is 88.6 cm³/mol. The lowest BCUT2D eigenvalue weighted by atomic mass is 9.87. The summed E-state index contributed by atoms with van der Waals surface area (Å²) in [6.45, 7) is 5.49. The van der Waals surface area contributed by atoms with Crippen LogP contribution in [0.25, 0.3) is 0 Å². The van der Waals surface area contributed by atoms with E-state index in [0.717, 1.165) is 37.3 Å². The van der Waals surface area contributed by atoms with Crippen molar-refractivity contribution < 1.29 is 14.3 Å². The highest BCUT2D eigenvalue weighted by atomic mass is 35.5. The third kappa shape index (κ3) is 4.93. The summed E-state index contributed by atoms with van der Waals surface area (Å²) in [5.41, 5.74) is 1.64. The van der Waals surface area contributed by atoms with Crippen LogP contribution in [0, 0.1) is 19.8 Å². The topological polar surface area (TPSA) is 68.3 Å². The molecule has 0 saturated heterocycles. The molecule has 1 aliphatic rings. The van der Waals surface area contributed by atoms with E-state index in [2.05, 4.69) is 17.2 Å². The average molecular weight is 339 g/mol. The van der Waals surface area contributed by atoms with Crippen LogP contribution >= 0.6 is 11.6 Å². The van der Waals surface area contributed by atoms with Crippen LogP contribution in [-0.2, 0) is 9.53 Å². The number of hydrogen-bond acceptors (Lipinski definition) is 4. The quantitative estimate of drug-likeness (QED) is 0.676. The van der Waals surface area contributed by atoms with Crippen LogP contribution in [0.3, 0.4) is 0 Å². The number of pyridine rings is 1. The molecule has 1 aromatic rings. The molecule has 1 amide bonds. The van der Waals surface area contributed by atoms with Gasteiger partial charge in [-0.15, -0.1) is 0 Å². The second-order valence-corrected chi connectivity index (χ2v) is 6.70. The van der Waals surface area contributed by atoms with Gasteiger partial charge in [0.15, 0.2) is 6.61 Å². The first kappa shape index (κ1) is 17.7. The summed E-state index contributed by atoms with van der Waals surface area (Å²) in [5.74, 6) is -0.167. The van der Waals surface area contributed by atoms with Crippen molar-refractivity contribution in [1.82, 2.24) is 10.3 Å². The van der Waals surface area contributed by atoms with E-state index in [-0.39, 0.29) is 29.3 Å². The number of esters is 1. The summed E-state index contributed by atoms with van der Waals surface area (Å²) < 4.78 is 5.08. The van der Waals surface area contributed by atoms with Gasteiger partial charge in [-0.25, -0.2) is 9.78 Å². The van der Waals surface area contributed by atoms with Crippen molar-refractivity contribution in [2.75, 3.05) is 6.61 Å². The molecule has 126 valence electrons. The van der Waals surface area contributed by atoms with Crippen molar-refractivity contribution in [1.29, 1.82) is 0 Å². The minimum Gasteiger partial charge on any atom is -0.452 e. The molecule has 2 rings (SSSR count). The highest BCUT2D eigenvalue weighted by Crippen LogP contribution is 2.23. The Morgan fingerprint density at radius 3 is 2.57 bits per heavy atom. The fourth-order valence-electron chi connectivity index (χ4n) is 2.91. The Morgan fingerprint density at radius 2 is 1.96 bits per heavy atom. The van der Waals surface area contributed by atoms with Crippen LogP contribution in [0.1, 0.15) is 54.2 Å². The fourth-order valence-corrected chi connectivity index (χ4v) is 3.27. The minimum absolute atomic E-state index is 0.106. The van der Waals surface area contributed by atoms with Gasteiger partial charge in [-0.05, 0) is 57.1 Å². The Balaban J connectivity index is 1.86. The Morgan fingerprint density at radius 1 is 1.30 bits per heavy atom. The third-order valence-electron chi connectivity index (χ3n) is 4.22. The first-order valence-corrected chi connectivity index (χ1v) is 8.35. The second-order valence-electron chi connectivity index (χ2n) is 6.35. The Kier molecular flexibility index (Phi) is 5.99. The van der Waals surface area contributed by atoms with Gasteiger partial charge in [0.2, 0.25) is 0 Å². The van der Waals surface area contributed by atoms with E-state index in [1.54, 1.807) is 19.9 Å². The molecule has 0 spiro atoms. The van der Waals surface area contributed by atoms with Crippen molar-refractivity contribution in [2.45, 2.75) is 52.5 Å². The maximum absolute atomic E-state index is 12.1. The molecule has 5 nitrogen and oxygen atoms in total. The van der Waals surface area contributed by atoms with Gasteiger partial charge in [0.1, 0.15) is 5.15 Å². The zero-order chi connectivity index (χ0) is 17.0. The molecule has 0 unspecified atom stereocenters. The van der Waals surface area contributed by atoms with E-state index in [4.69, 9.17) is 16.3 Å². The van der Waals surface area contributed by atoms with Crippen LogP contribution in [0.2, 0.25) is 5.15 Å². The van der Waals surface area contributed by atoms with Gasteiger partial charge in [0.25, 0.3) is 5.91 Å². The number of nitrogens with zero attached hydrogens (tertiary/aromatic N) is 1. The number of rotatable bonds is 4. The van der Waals surface area contributed by atoms with Gasteiger partial charge in [0.05, 0.1) is 5.56 Å². The smallest absolute Gasteiger partial charge is 0.342 e. The van der Waals surface area contributed by atoms with Crippen molar-refractivity contribution in [3.8, 4) is 0 Å². The maximum atomic E-state index is 12.1. The summed E-state index contributed by atoms with van der Waals surface area (Å²) in [6.07, 6.45) is 4.20. The van der Waals surface area contributed by atoms with E-state index >= 15 is 0 Å². The summed E-state index contributed by atoms with van der Waals surface area (Å²) in [6, 6.07) is 1.94. The van der Waals surface area contributed by atoms with Crippen LogP contribution in [0.4, 0.5) is 0 Å². The van der Waals surface area contributed by atoms with Crippen LogP contribution < -0.4 is 5.32 Å². The Bertz CT molecular complexity index is 572. The van der Waals surface area contributed by atoms with Gasteiger partial charge >= 0.3 is 5.97 Å².